The summed E-state index contributed by atoms with van der Waals surface area (Å²) in [5.74, 6) is -0.153. The van der Waals surface area contributed by atoms with Crippen molar-refractivity contribution in [2.45, 2.75) is 57.7 Å². The summed E-state index contributed by atoms with van der Waals surface area (Å²) < 4.78 is 27.4. The zero-order chi connectivity index (χ0) is 24.1. The number of carbonyl (C=O) groups is 2. The van der Waals surface area contributed by atoms with Gasteiger partial charge in [0.05, 0.1) is 13.2 Å². The van der Waals surface area contributed by atoms with E-state index in [2.05, 4.69) is 13.5 Å². The van der Waals surface area contributed by atoms with Crippen LogP contribution in [0.2, 0.25) is 0 Å². The number of hydrogen-bond acceptors (Lipinski definition) is 7. The van der Waals surface area contributed by atoms with Crippen LogP contribution in [0, 0.1) is 5.92 Å². The van der Waals surface area contributed by atoms with Crippen molar-refractivity contribution in [3.05, 3.63) is 54.1 Å². The maximum atomic E-state index is 13.3. The van der Waals surface area contributed by atoms with E-state index < -0.39 is 18.0 Å². The number of ether oxygens (including phenoxy) is 5. The van der Waals surface area contributed by atoms with Crippen LogP contribution in [0.3, 0.4) is 0 Å². The van der Waals surface area contributed by atoms with E-state index in [0.29, 0.717) is 24.2 Å². The topological polar surface area (TPSA) is 80.3 Å². The van der Waals surface area contributed by atoms with Gasteiger partial charge >= 0.3 is 11.9 Å². The molecule has 0 N–H and O–H groups in total. The van der Waals surface area contributed by atoms with Gasteiger partial charge < -0.3 is 23.7 Å². The van der Waals surface area contributed by atoms with Gasteiger partial charge in [-0.05, 0) is 36.8 Å². The number of benzene rings is 1. The van der Waals surface area contributed by atoms with Gasteiger partial charge in [-0.1, -0.05) is 44.2 Å². The molecule has 0 aromatic heterocycles. The quantitative estimate of drug-likeness (QED) is 0.230. The number of hydrogen-bond donors (Lipinski definition) is 0. The fourth-order valence-corrected chi connectivity index (χ4v) is 3.94. The monoisotopic (exact) mass is 460 g/mol. The summed E-state index contributed by atoms with van der Waals surface area (Å²) in [5, 5.41) is 0. The van der Waals surface area contributed by atoms with Crippen molar-refractivity contribution in [2.24, 2.45) is 5.92 Å². The minimum atomic E-state index is -0.498. The number of methoxy groups -OCH3 is 2. The van der Waals surface area contributed by atoms with Gasteiger partial charge in [0.25, 0.3) is 0 Å². The third-order valence-corrected chi connectivity index (χ3v) is 5.69. The van der Waals surface area contributed by atoms with Gasteiger partial charge in [0.15, 0.2) is 0 Å². The molecule has 0 saturated heterocycles. The van der Waals surface area contributed by atoms with Crippen LogP contribution >= 0.6 is 0 Å². The van der Waals surface area contributed by atoms with E-state index in [-0.39, 0.29) is 25.4 Å². The Kier molecular flexibility index (Phi) is 11.7. The molecule has 182 valence electrons. The van der Waals surface area contributed by atoms with Gasteiger partial charge in [-0.15, -0.1) is 0 Å². The second-order valence-electron chi connectivity index (χ2n) is 8.15. The Balaban J connectivity index is 2.29. The molecule has 2 rings (SSSR count). The summed E-state index contributed by atoms with van der Waals surface area (Å²) in [4.78, 5) is 25.1. The van der Waals surface area contributed by atoms with Crippen molar-refractivity contribution >= 4 is 11.9 Å². The van der Waals surface area contributed by atoms with Crippen LogP contribution in [-0.4, -0.2) is 51.8 Å². The van der Waals surface area contributed by atoms with Gasteiger partial charge in [0, 0.05) is 26.0 Å². The van der Waals surface area contributed by atoms with E-state index in [1.165, 1.54) is 12.2 Å². The molecule has 0 unspecified atom stereocenters. The number of aryl methyl sites for hydroxylation is 1. The molecule has 0 bridgehead atoms. The van der Waals surface area contributed by atoms with E-state index in [1.54, 1.807) is 26.4 Å². The smallest absolute Gasteiger partial charge is 0.342 e. The lowest BCUT2D eigenvalue weighted by atomic mass is 9.91. The molecule has 0 saturated carbocycles. The van der Waals surface area contributed by atoms with Crippen LogP contribution < -0.4 is 4.74 Å². The summed E-state index contributed by atoms with van der Waals surface area (Å²) in [7, 11) is 3.13. The van der Waals surface area contributed by atoms with E-state index in [4.69, 9.17) is 23.7 Å². The predicted molar refractivity (Wildman–Crippen MR) is 125 cm³/mol. The van der Waals surface area contributed by atoms with Crippen LogP contribution in [0.15, 0.2) is 43.0 Å². The molecule has 1 aromatic rings. The molecule has 0 radical (unpaired) electrons. The number of rotatable bonds is 9. The summed E-state index contributed by atoms with van der Waals surface area (Å²) >= 11 is 0. The highest BCUT2D eigenvalue weighted by molar-refractivity contribution is 5.94. The van der Waals surface area contributed by atoms with Crippen LogP contribution in [-0.2, 0) is 30.2 Å². The zero-order valence-electron chi connectivity index (χ0n) is 19.9. The molecule has 3 atom stereocenters. The molecule has 1 aliphatic rings. The minimum absolute atomic E-state index is 0.141. The first-order chi connectivity index (χ1) is 16.0. The SMILES string of the molecule is C=CCOC(=O)/C=C/C[C@H]1C[C@@H](OCOC)[C@@H](C)CCCCc2cccc(OC)c2C(=O)O1. The predicted octanol–water partition coefficient (Wildman–Crippen LogP) is 4.64. The number of fused-ring (bicyclic) bond motifs is 1. The van der Waals surface area contributed by atoms with Gasteiger partial charge in [0.2, 0.25) is 0 Å². The maximum Gasteiger partial charge on any atom is 0.342 e. The molecule has 1 aromatic carbocycles. The highest BCUT2D eigenvalue weighted by Gasteiger charge is 2.28. The van der Waals surface area contributed by atoms with Gasteiger partial charge in [-0.3, -0.25) is 0 Å². The van der Waals surface area contributed by atoms with Crippen molar-refractivity contribution in [2.75, 3.05) is 27.6 Å². The molecule has 1 aliphatic heterocycles. The molecular weight excluding hydrogens is 424 g/mol. The van der Waals surface area contributed by atoms with E-state index in [9.17, 15) is 9.59 Å². The van der Waals surface area contributed by atoms with E-state index in [1.807, 2.05) is 12.1 Å². The Morgan fingerprint density at radius 2 is 2.09 bits per heavy atom. The molecule has 7 heteroatoms. The lowest BCUT2D eigenvalue weighted by molar-refractivity contribution is -0.136. The lowest BCUT2D eigenvalue weighted by Gasteiger charge is -2.29. The third kappa shape index (κ3) is 8.67. The fourth-order valence-electron chi connectivity index (χ4n) is 3.94. The maximum absolute atomic E-state index is 13.3. The number of cyclic esters (lactones) is 1. The Hall–Kier alpha value is -2.64. The summed E-state index contributed by atoms with van der Waals surface area (Å²) in [6.07, 6.45) is 8.40. The van der Waals surface area contributed by atoms with Crippen molar-refractivity contribution in [1.29, 1.82) is 0 Å². The van der Waals surface area contributed by atoms with Gasteiger partial charge in [-0.2, -0.15) is 0 Å². The normalized spacial score (nSPS) is 21.9. The van der Waals surface area contributed by atoms with Crippen molar-refractivity contribution in [1.82, 2.24) is 0 Å². The Morgan fingerprint density at radius 3 is 2.82 bits per heavy atom. The van der Waals surface area contributed by atoms with Crippen LogP contribution in [0.1, 0.15) is 54.9 Å². The number of esters is 2. The second kappa shape index (κ2) is 14.5. The van der Waals surface area contributed by atoms with Crippen LogP contribution in [0.5, 0.6) is 5.75 Å². The van der Waals surface area contributed by atoms with E-state index in [0.717, 1.165) is 31.2 Å². The Labute approximate surface area is 196 Å². The first-order valence-electron chi connectivity index (χ1n) is 11.4. The summed E-state index contributed by atoms with van der Waals surface area (Å²) in [6, 6.07) is 5.61. The van der Waals surface area contributed by atoms with Crippen LogP contribution in [0.25, 0.3) is 0 Å². The summed E-state index contributed by atoms with van der Waals surface area (Å²) in [5.41, 5.74) is 1.38. The second-order valence-corrected chi connectivity index (χ2v) is 8.15. The highest BCUT2D eigenvalue weighted by atomic mass is 16.7. The first-order valence-corrected chi connectivity index (χ1v) is 11.4. The Bertz CT molecular complexity index is 802. The lowest BCUT2D eigenvalue weighted by Crippen LogP contribution is -2.31. The van der Waals surface area contributed by atoms with Crippen LogP contribution in [0.4, 0.5) is 0 Å². The molecule has 0 fully saturated rings. The van der Waals surface area contributed by atoms with Crippen molar-refractivity contribution in [3.8, 4) is 5.75 Å². The molecule has 1 heterocycles. The van der Waals surface area contributed by atoms with Crippen molar-refractivity contribution in [3.63, 3.8) is 0 Å². The molecule has 0 spiro atoms. The summed E-state index contributed by atoms with van der Waals surface area (Å²) in [6.45, 7) is 5.97. The third-order valence-electron chi connectivity index (χ3n) is 5.69. The minimum Gasteiger partial charge on any atom is -0.496 e. The highest BCUT2D eigenvalue weighted by Crippen LogP contribution is 2.29. The molecule has 7 nitrogen and oxygen atoms in total. The first kappa shape index (κ1) is 26.6. The average molecular weight is 461 g/mol. The van der Waals surface area contributed by atoms with Crippen molar-refractivity contribution < 1.29 is 33.3 Å². The fraction of sp³-hybridized carbons (Fsp3) is 0.538. The average Bonchev–Trinajstić information content (AvgIpc) is 2.81. The zero-order valence-corrected chi connectivity index (χ0v) is 19.9. The molecular formula is C26H36O7. The van der Waals surface area contributed by atoms with E-state index >= 15 is 0 Å². The van der Waals surface area contributed by atoms with Gasteiger partial charge in [0.1, 0.15) is 30.8 Å². The molecule has 0 aliphatic carbocycles. The Morgan fingerprint density at radius 1 is 1.27 bits per heavy atom. The molecule has 33 heavy (non-hydrogen) atoms. The standard InChI is InChI=1S/C26H36O7/c1-5-16-31-24(27)15-9-13-21-17-23(32-18-29-3)19(2)10-6-7-11-20-12-8-14-22(30-4)25(20)26(28)33-21/h5,8-9,12,14-15,19,21,23H,1,6-7,10-11,13,16-18H2,2-4H3/b15-9+/t19-,21-,23+/m0/s1. The largest absolute Gasteiger partial charge is 0.496 e. The molecule has 0 amide bonds. The number of carbonyl (C=O) groups excluding carboxylic acids is 2. The van der Waals surface area contributed by atoms with Gasteiger partial charge in [-0.25, -0.2) is 9.59 Å².